The summed E-state index contributed by atoms with van der Waals surface area (Å²) in [5.41, 5.74) is 1.35. The Morgan fingerprint density at radius 2 is 2.12 bits per heavy atom. The molecular formula is C16H13ClN2O5. The molecule has 7 nitrogen and oxygen atoms in total. The van der Waals surface area contributed by atoms with Crippen LogP contribution in [0.1, 0.15) is 21.5 Å². The fourth-order valence-corrected chi connectivity index (χ4v) is 2.66. The second-order valence-corrected chi connectivity index (χ2v) is 5.53. The molecule has 0 aromatic heterocycles. The van der Waals surface area contributed by atoms with Gasteiger partial charge >= 0.3 is 0 Å². The maximum atomic E-state index is 12.2. The molecule has 0 fully saturated rings. The Hall–Kier alpha value is -2.64. The number of nitro groups is 1. The lowest BCUT2D eigenvalue weighted by Gasteiger charge is -2.20. The highest BCUT2D eigenvalue weighted by Gasteiger charge is 2.21. The minimum absolute atomic E-state index is 0.0657. The zero-order chi connectivity index (χ0) is 17.1. The Bertz CT molecular complexity index is 809. The van der Waals surface area contributed by atoms with E-state index in [1.165, 1.54) is 12.1 Å². The molecule has 1 heterocycles. The van der Waals surface area contributed by atoms with Crippen molar-refractivity contribution in [2.45, 2.75) is 13.2 Å². The van der Waals surface area contributed by atoms with E-state index in [0.29, 0.717) is 27.5 Å². The number of hydrogen-bond acceptors (Lipinski definition) is 5. The summed E-state index contributed by atoms with van der Waals surface area (Å²) >= 11 is 5.99. The van der Waals surface area contributed by atoms with Crippen LogP contribution in [0.4, 0.5) is 5.69 Å². The lowest BCUT2D eigenvalue weighted by atomic mass is 10.1. The largest absolute Gasteiger partial charge is 0.467 e. The van der Waals surface area contributed by atoms with Gasteiger partial charge in [-0.2, -0.15) is 0 Å². The van der Waals surface area contributed by atoms with Crippen molar-refractivity contribution in [1.29, 1.82) is 0 Å². The summed E-state index contributed by atoms with van der Waals surface area (Å²) in [7, 11) is 0. The lowest BCUT2D eigenvalue weighted by Crippen LogP contribution is -2.24. The Morgan fingerprint density at radius 3 is 2.88 bits per heavy atom. The van der Waals surface area contributed by atoms with Gasteiger partial charge in [0.2, 0.25) is 0 Å². The van der Waals surface area contributed by atoms with E-state index in [9.17, 15) is 14.9 Å². The number of hydrogen-bond donors (Lipinski definition) is 1. The van der Waals surface area contributed by atoms with Gasteiger partial charge in [-0.3, -0.25) is 14.9 Å². The summed E-state index contributed by atoms with van der Waals surface area (Å²) in [6.07, 6.45) is 0. The van der Waals surface area contributed by atoms with Gasteiger partial charge in [0.25, 0.3) is 11.6 Å². The molecule has 1 aliphatic rings. The molecule has 0 atom stereocenters. The Balaban J connectivity index is 1.84. The first kappa shape index (κ1) is 16.2. The fraction of sp³-hybridized carbons (Fsp3) is 0.188. The third kappa shape index (κ3) is 3.32. The van der Waals surface area contributed by atoms with Crippen LogP contribution in [0.2, 0.25) is 5.02 Å². The molecule has 2 aromatic carbocycles. The maximum absolute atomic E-state index is 12.2. The number of rotatable bonds is 4. The normalized spacial score (nSPS) is 12.9. The lowest BCUT2D eigenvalue weighted by molar-refractivity contribution is -0.385. The number of amides is 1. The maximum Gasteiger partial charge on any atom is 0.270 e. The summed E-state index contributed by atoms with van der Waals surface area (Å²) in [6, 6.07) is 9.45. The van der Waals surface area contributed by atoms with Gasteiger partial charge in [0.1, 0.15) is 5.75 Å². The van der Waals surface area contributed by atoms with Gasteiger partial charge in [0, 0.05) is 29.8 Å². The number of nitrogens with one attached hydrogen (secondary N) is 1. The van der Waals surface area contributed by atoms with E-state index >= 15 is 0 Å². The first-order valence-corrected chi connectivity index (χ1v) is 7.47. The Morgan fingerprint density at radius 1 is 1.33 bits per heavy atom. The van der Waals surface area contributed by atoms with Gasteiger partial charge in [-0.25, -0.2) is 0 Å². The molecule has 0 spiro atoms. The van der Waals surface area contributed by atoms with Crippen LogP contribution in [0.25, 0.3) is 0 Å². The van der Waals surface area contributed by atoms with Crippen molar-refractivity contribution in [3.8, 4) is 5.75 Å². The highest BCUT2D eigenvalue weighted by atomic mass is 35.5. The van der Waals surface area contributed by atoms with Crippen LogP contribution in [-0.2, 0) is 17.9 Å². The molecule has 0 bridgehead atoms. The number of nitrogens with zero attached hydrogens (tertiary/aromatic N) is 1. The summed E-state index contributed by atoms with van der Waals surface area (Å²) in [4.78, 5) is 22.8. The van der Waals surface area contributed by atoms with Crippen LogP contribution in [0, 0.1) is 10.1 Å². The number of non-ortho nitro benzene ring substituents is 1. The molecule has 0 saturated heterocycles. The smallest absolute Gasteiger partial charge is 0.270 e. The van der Waals surface area contributed by atoms with Crippen molar-refractivity contribution in [3.63, 3.8) is 0 Å². The van der Waals surface area contributed by atoms with Crippen LogP contribution in [0.5, 0.6) is 5.75 Å². The van der Waals surface area contributed by atoms with Crippen LogP contribution in [0.15, 0.2) is 36.4 Å². The van der Waals surface area contributed by atoms with E-state index in [0.717, 1.165) is 0 Å². The minimum Gasteiger partial charge on any atom is -0.467 e. The number of fused-ring (bicyclic) bond motifs is 1. The molecule has 0 aliphatic carbocycles. The van der Waals surface area contributed by atoms with E-state index in [1.807, 2.05) is 0 Å². The van der Waals surface area contributed by atoms with E-state index in [-0.39, 0.29) is 31.5 Å². The topological polar surface area (TPSA) is 90.7 Å². The van der Waals surface area contributed by atoms with Crippen molar-refractivity contribution in [1.82, 2.24) is 5.32 Å². The molecule has 1 amide bonds. The molecule has 3 rings (SSSR count). The van der Waals surface area contributed by atoms with Gasteiger partial charge in [-0.05, 0) is 12.1 Å². The van der Waals surface area contributed by atoms with Gasteiger partial charge in [0.05, 0.1) is 22.1 Å². The average Bonchev–Trinajstić information content (AvgIpc) is 2.59. The van der Waals surface area contributed by atoms with Gasteiger partial charge < -0.3 is 14.8 Å². The van der Waals surface area contributed by atoms with E-state index in [1.54, 1.807) is 24.3 Å². The average molecular weight is 349 g/mol. The zero-order valence-corrected chi connectivity index (χ0v) is 13.2. The molecular weight excluding hydrogens is 336 g/mol. The standard InChI is InChI=1S/C16H13ClN2O5/c17-14-4-2-1-3-13(14)16(20)18-7-10-5-12(19(21)22)6-11-8-23-9-24-15(10)11/h1-6H,7-9H2,(H,18,20). The van der Waals surface area contributed by atoms with Crippen LogP contribution in [0.3, 0.4) is 0 Å². The van der Waals surface area contributed by atoms with Crippen molar-refractivity contribution >= 4 is 23.2 Å². The van der Waals surface area contributed by atoms with Crippen molar-refractivity contribution < 1.29 is 19.2 Å². The second kappa shape index (κ2) is 6.86. The zero-order valence-electron chi connectivity index (χ0n) is 12.5. The third-order valence-electron chi connectivity index (χ3n) is 3.54. The van der Waals surface area contributed by atoms with Crippen molar-refractivity contribution in [2.75, 3.05) is 6.79 Å². The molecule has 0 unspecified atom stereocenters. The third-order valence-corrected chi connectivity index (χ3v) is 3.87. The predicted octanol–water partition coefficient (Wildman–Crippen LogP) is 3.04. The molecule has 1 N–H and O–H groups in total. The first-order valence-electron chi connectivity index (χ1n) is 7.09. The highest BCUT2D eigenvalue weighted by Crippen LogP contribution is 2.32. The monoisotopic (exact) mass is 348 g/mol. The Kier molecular flexibility index (Phi) is 4.64. The summed E-state index contributed by atoms with van der Waals surface area (Å²) < 4.78 is 10.6. The number of carbonyl (C=O) groups excluding carboxylic acids is 1. The molecule has 2 aromatic rings. The number of ether oxygens (including phenoxy) is 2. The van der Waals surface area contributed by atoms with Crippen LogP contribution < -0.4 is 10.1 Å². The molecule has 0 radical (unpaired) electrons. The number of halogens is 1. The van der Waals surface area contributed by atoms with Gasteiger partial charge in [-0.1, -0.05) is 23.7 Å². The summed E-state index contributed by atoms with van der Waals surface area (Å²) in [5.74, 6) is 0.138. The van der Waals surface area contributed by atoms with Crippen molar-refractivity contribution in [2.24, 2.45) is 0 Å². The number of carbonyl (C=O) groups is 1. The highest BCUT2D eigenvalue weighted by molar-refractivity contribution is 6.33. The molecule has 1 aliphatic heterocycles. The predicted molar refractivity (Wildman–Crippen MR) is 86.0 cm³/mol. The molecule has 24 heavy (non-hydrogen) atoms. The van der Waals surface area contributed by atoms with Crippen molar-refractivity contribution in [3.05, 3.63) is 68.2 Å². The van der Waals surface area contributed by atoms with Crippen LogP contribution in [-0.4, -0.2) is 17.6 Å². The minimum atomic E-state index is -0.492. The molecule has 8 heteroatoms. The number of nitro benzene ring substituents is 1. The van der Waals surface area contributed by atoms with Gasteiger partial charge in [0.15, 0.2) is 6.79 Å². The van der Waals surface area contributed by atoms with E-state index in [4.69, 9.17) is 21.1 Å². The summed E-state index contributed by atoms with van der Waals surface area (Å²) in [6.45, 7) is 0.368. The van der Waals surface area contributed by atoms with Gasteiger partial charge in [-0.15, -0.1) is 0 Å². The number of benzene rings is 2. The molecule has 0 saturated carbocycles. The Labute approximate surface area is 142 Å². The fourth-order valence-electron chi connectivity index (χ4n) is 2.43. The van der Waals surface area contributed by atoms with E-state index in [2.05, 4.69) is 5.32 Å². The van der Waals surface area contributed by atoms with Crippen LogP contribution >= 0.6 is 11.6 Å². The van der Waals surface area contributed by atoms with E-state index < -0.39 is 4.92 Å². The quantitative estimate of drug-likeness (QED) is 0.677. The molecule has 124 valence electrons. The second-order valence-electron chi connectivity index (χ2n) is 5.12. The summed E-state index contributed by atoms with van der Waals surface area (Å²) in [5, 5.41) is 14.1. The SMILES string of the molecule is O=C(NCc1cc([N+](=O)[O-])cc2c1OCOC2)c1ccccc1Cl. The first-order chi connectivity index (χ1) is 11.6.